The first-order valence-electron chi connectivity index (χ1n) is 8.38. The quantitative estimate of drug-likeness (QED) is 0.319. The van der Waals surface area contributed by atoms with Crippen LogP contribution in [0.1, 0.15) is 0 Å². The van der Waals surface area contributed by atoms with Crippen LogP contribution in [0.15, 0.2) is 85.1 Å². The van der Waals surface area contributed by atoms with Crippen molar-refractivity contribution in [2.45, 2.75) is 0 Å². The molecule has 0 saturated carbocycles. The van der Waals surface area contributed by atoms with Crippen LogP contribution >= 0.6 is 22.6 Å². The lowest BCUT2D eigenvalue weighted by Crippen LogP contribution is -1.90. The van der Waals surface area contributed by atoms with E-state index in [1.807, 2.05) is 18.3 Å². The number of hydrogen-bond donors (Lipinski definition) is 0. The fourth-order valence-electron chi connectivity index (χ4n) is 3.27. The summed E-state index contributed by atoms with van der Waals surface area (Å²) in [6.07, 6.45) is 2.04. The number of benzene rings is 3. The maximum absolute atomic E-state index is 4.44. The van der Waals surface area contributed by atoms with Gasteiger partial charge in [-0.05, 0) is 57.3 Å². The number of halogens is 1. The van der Waals surface area contributed by atoms with E-state index >= 15 is 0 Å². The molecule has 0 aliphatic rings. The number of pyridine rings is 1. The molecule has 5 aromatic rings. The Morgan fingerprint density at radius 1 is 0.654 bits per heavy atom. The van der Waals surface area contributed by atoms with E-state index < -0.39 is 0 Å². The molecule has 0 aliphatic heterocycles. The number of nitrogens with zero attached hydrogens (tertiary/aromatic N) is 3. The summed E-state index contributed by atoms with van der Waals surface area (Å²) < 4.78 is 3.30. The molecule has 5 rings (SSSR count). The Bertz CT molecular complexity index is 1220. The number of rotatable bonds is 2. The van der Waals surface area contributed by atoms with Gasteiger partial charge in [-0.25, -0.2) is 0 Å². The second kappa shape index (κ2) is 6.21. The largest absolute Gasteiger partial charge is 0.282 e. The van der Waals surface area contributed by atoms with Crippen LogP contribution < -0.4 is 0 Å². The molecule has 2 heterocycles. The lowest BCUT2D eigenvalue weighted by Gasteiger charge is -2.05. The van der Waals surface area contributed by atoms with Gasteiger partial charge in [0.2, 0.25) is 0 Å². The predicted octanol–water partition coefficient (Wildman–Crippen LogP) is 5.82. The van der Waals surface area contributed by atoms with Gasteiger partial charge in [-0.1, -0.05) is 60.7 Å². The smallest absolute Gasteiger partial charge is 0.168 e. The highest BCUT2D eigenvalue weighted by Crippen LogP contribution is 2.27. The summed E-state index contributed by atoms with van der Waals surface area (Å²) in [7, 11) is 0. The topological polar surface area (TPSA) is 30.2 Å². The molecule has 0 amide bonds. The van der Waals surface area contributed by atoms with Crippen molar-refractivity contribution in [3.05, 3.63) is 88.6 Å². The average Bonchev–Trinajstić information content (AvgIpc) is 3.13. The van der Waals surface area contributed by atoms with Gasteiger partial charge in [0, 0.05) is 20.7 Å². The van der Waals surface area contributed by atoms with Gasteiger partial charge in [-0.15, -0.1) is 10.2 Å². The highest BCUT2D eigenvalue weighted by molar-refractivity contribution is 14.1. The molecule has 0 radical (unpaired) electrons. The van der Waals surface area contributed by atoms with Crippen LogP contribution in [0.3, 0.4) is 0 Å². The van der Waals surface area contributed by atoms with Crippen molar-refractivity contribution < 1.29 is 0 Å². The maximum atomic E-state index is 4.44. The maximum Gasteiger partial charge on any atom is 0.168 e. The SMILES string of the molecule is Ic1ccc(-c2ccc(-c3nnc4c5ccccc5ccn34)cc2)cc1. The van der Waals surface area contributed by atoms with E-state index in [1.165, 1.54) is 20.1 Å². The summed E-state index contributed by atoms with van der Waals surface area (Å²) in [5.74, 6) is 0.861. The van der Waals surface area contributed by atoms with Crippen molar-refractivity contribution in [2.75, 3.05) is 0 Å². The second-order valence-corrected chi connectivity index (χ2v) is 7.45. The average molecular weight is 447 g/mol. The Balaban J connectivity index is 1.59. The van der Waals surface area contributed by atoms with Crippen LogP contribution in [0.2, 0.25) is 0 Å². The third-order valence-corrected chi connectivity index (χ3v) is 5.34. The van der Waals surface area contributed by atoms with Crippen molar-refractivity contribution in [1.29, 1.82) is 0 Å². The van der Waals surface area contributed by atoms with Crippen LogP contribution in [0.4, 0.5) is 0 Å². The summed E-state index contributed by atoms with van der Waals surface area (Å²) >= 11 is 2.32. The number of fused-ring (bicyclic) bond motifs is 3. The van der Waals surface area contributed by atoms with Gasteiger partial charge in [-0.2, -0.15) is 0 Å². The van der Waals surface area contributed by atoms with Crippen LogP contribution in [0, 0.1) is 3.57 Å². The molecule has 0 bridgehead atoms. The van der Waals surface area contributed by atoms with Gasteiger partial charge >= 0.3 is 0 Å². The van der Waals surface area contributed by atoms with E-state index in [9.17, 15) is 0 Å². The molecule has 0 aliphatic carbocycles. The third-order valence-electron chi connectivity index (χ3n) is 4.62. The fourth-order valence-corrected chi connectivity index (χ4v) is 3.63. The lowest BCUT2D eigenvalue weighted by molar-refractivity contribution is 1.11. The first-order chi connectivity index (χ1) is 12.8. The Morgan fingerprint density at radius 3 is 2.08 bits per heavy atom. The van der Waals surface area contributed by atoms with E-state index in [2.05, 4.69) is 104 Å². The standard InChI is InChI=1S/C22H14IN3/c23-19-11-9-16(10-12-19)15-5-7-18(8-6-15)21-24-25-22-20-4-2-1-3-17(20)13-14-26(21)22/h1-14H. The zero-order valence-corrected chi connectivity index (χ0v) is 16.0. The molecular weight excluding hydrogens is 433 g/mol. The zero-order chi connectivity index (χ0) is 17.5. The molecule has 3 aromatic carbocycles. The summed E-state index contributed by atoms with van der Waals surface area (Å²) in [5, 5.41) is 11.2. The molecular formula is C22H14IN3. The Hall–Kier alpha value is -2.73. The van der Waals surface area contributed by atoms with E-state index in [4.69, 9.17) is 0 Å². The van der Waals surface area contributed by atoms with Gasteiger partial charge in [0.1, 0.15) is 0 Å². The monoisotopic (exact) mass is 447 g/mol. The Labute approximate surface area is 164 Å². The summed E-state index contributed by atoms with van der Waals surface area (Å²) in [4.78, 5) is 0. The van der Waals surface area contributed by atoms with Crippen molar-refractivity contribution in [1.82, 2.24) is 14.6 Å². The summed E-state index contributed by atoms with van der Waals surface area (Å²) in [5.41, 5.74) is 4.36. The van der Waals surface area contributed by atoms with E-state index in [0.717, 1.165) is 22.4 Å². The van der Waals surface area contributed by atoms with Crippen LogP contribution in [-0.4, -0.2) is 14.6 Å². The molecule has 3 nitrogen and oxygen atoms in total. The molecule has 0 atom stereocenters. The molecule has 0 N–H and O–H groups in total. The highest BCUT2D eigenvalue weighted by Gasteiger charge is 2.10. The molecule has 2 aromatic heterocycles. The van der Waals surface area contributed by atoms with Gasteiger partial charge in [0.05, 0.1) is 0 Å². The molecule has 0 saturated heterocycles. The molecule has 26 heavy (non-hydrogen) atoms. The van der Waals surface area contributed by atoms with E-state index in [0.29, 0.717) is 0 Å². The zero-order valence-electron chi connectivity index (χ0n) is 13.8. The van der Waals surface area contributed by atoms with Gasteiger partial charge < -0.3 is 0 Å². The van der Waals surface area contributed by atoms with Crippen molar-refractivity contribution in [3.8, 4) is 22.5 Å². The van der Waals surface area contributed by atoms with Crippen LogP contribution in [0.25, 0.3) is 38.9 Å². The fraction of sp³-hybridized carbons (Fsp3) is 0. The first-order valence-corrected chi connectivity index (χ1v) is 9.46. The van der Waals surface area contributed by atoms with Gasteiger partial charge in [0.25, 0.3) is 0 Å². The first kappa shape index (κ1) is 15.5. The van der Waals surface area contributed by atoms with Gasteiger partial charge in [-0.3, -0.25) is 4.40 Å². The van der Waals surface area contributed by atoms with Crippen LogP contribution in [-0.2, 0) is 0 Å². The van der Waals surface area contributed by atoms with Crippen LogP contribution in [0.5, 0.6) is 0 Å². The third kappa shape index (κ3) is 2.57. The predicted molar refractivity (Wildman–Crippen MR) is 114 cm³/mol. The summed E-state index contributed by atoms with van der Waals surface area (Å²) in [6.45, 7) is 0. The van der Waals surface area contributed by atoms with Crippen molar-refractivity contribution >= 4 is 39.0 Å². The van der Waals surface area contributed by atoms with Gasteiger partial charge in [0.15, 0.2) is 11.5 Å². The van der Waals surface area contributed by atoms with Crippen molar-refractivity contribution in [2.24, 2.45) is 0 Å². The molecule has 0 fully saturated rings. The number of aromatic nitrogens is 3. The molecule has 124 valence electrons. The normalized spacial score (nSPS) is 11.3. The van der Waals surface area contributed by atoms with E-state index in [-0.39, 0.29) is 0 Å². The highest BCUT2D eigenvalue weighted by atomic mass is 127. The minimum absolute atomic E-state index is 0.861. The number of hydrogen-bond acceptors (Lipinski definition) is 2. The Morgan fingerprint density at radius 2 is 1.31 bits per heavy atom. The molecule has 4 heteroatoms. The minimum atomic E-state index is 0.861. The second-order valence-electron chi connectivity index (χ2n) is 6.20. The molecule has 0 unspecified atom stereocenters. The minimum Gasteiger partial charge on any atom is -0.282 e. The Kier molecular flexibility index (Phi) is 3.71. The van der Waals surface area contributed by atoms with Crippen molar-refractivity contribution in [3.63, 3.8) is 0 Å². The summed E-state index contributed by atoms with van der Waals surface area (Å²) in [6, 6.07) is 27.4. The lowest BCUT2D eigenvalue weighted by atomic mass is 10.0. The molecule has 0 spiro atoms. The van der Waals surface area contributed by atoms with E-state index in [1.54, 1.807) is 0 Å².